The number of phenolic OH excluding ortho intramolecular Hbond substituents is 5. The van der Waals surface area contributed by atoms with Gasteiger partial charge in [-0.2, -0.15) is 0 Å². The van der Waals surface area contributed by atoms with Gasteiger partial charge in [-0.05, 0) is 29.8 Å². The predicted octanol–water partition coefficient (Wildman–Crippen LogP) is 0.959. The van der Waals surface area contributed by atoms with E-state index in [9.17, 15) is 55.5 Å². The molecule has 2 aliphatic heterocycles. The molecule has 0 aliphatic carbocycles. The first-order valence-electron chi connectivity index (χ1n) is 13.5. The van der Waals surface area contributed by atoms with Gasteiger partial charge in [-0.25, -0.2) is 0 Å². The fraction of sp³-hybridized carbons (Fsp3) is 0.267. The molecule has 4 aromatic rings. The fourth-order valence-corrected chi connectivity index (χ4v) is 5.46. The number of phenols is 5. The fourth-order valence-electron chi connectivity index (χ4n) is 5.46. The lowest BCUT2D eigenvalue weighted by Gasteiger charge is -2.40. The van der Waals surface area contributed by atoms with Crippen molar-refractivity contribution in [2.45, 2.75) is 43.0 Å². The minimum absolute atomic E-state index is 0.128. The van der Waals surface area contributed by atoms with Gasteiger partial charge in [0.1, 0.15) is 59.2 Å². The molecule has 236 valence electrons. The number of cyclic esters (lactones) is 1. The molecule has 45 heavy (non-hydrogen) atoms. The van der Waals surface area contributed by atoms with Crippen LogP contribution in [-0.4, -0.2) is 89.2 Å². The zero-order valence-corrected chi connectivity index (χ0v) is 22.9. The van der Waals surface area contributed by atoms with E-state index in [1.807, 2.05) is 0 Å². The van der Waals surface area contributed by atoms with Crippen molar-refractivity contribution in [3.05, 3.63) is 63.8 Å². The Bertz CT molecular complexity index is 1860. The summed E-state index contributed by atoms with van der Waals surface area (Å²) in [5.41, 5.74) is -1.81. The van der Waals surface area contributed by atoms with E-state index in [1.165, 1.54) is 24.3 Å². The third-order valence-corrected chi connectivity index (χ3v) is 7.79. The zero-order chi connectivity index (χ0) is 32.3. The number of benzene rings is 3. The lowest BCUT2D eigenvalue weighted by molar-refractivity contribution is -0.278. The predicted molar refractivity (Wildman–Crippen MR) is 149 cm³/mol. The van der Waals surface area contributed by atoms with E-state index >= 15 is 0 Å². The SMILES string of the molecule is O=C1C[C@@H](c2ccc(O)cc2)c2c(O)cc(O)c3c(=O)c(O)c(oc23)-c2cc(O)c(O)c(c2)O[C@@H]2O[C@H](CO1)[C@@H](O)[C@H](O)[C@H]2O. The maximum atomic E-state index is 13.4. The molecule has 0 spiro atoms. The van der Waals surface area contributed by atoms with Gasteiger partial charge in [-0.15, -0.1) is 0 Å². The van der Waals surface area contributed by atoms with Crippen LogP contribution in [0.4, 0.5) is 0 Å². The number of ether oxygens (including phenoxy) is 3. The quantitative estimate of drug-likeness (QED) is 0.105. The Morgan fingerprint density at radius 3 is 2.18 bits per heavy atom. The number of esters is 1. The van der Waals surface area contributed by atoms with Crippen LogP contribution in [0.25, 0.3) is 22.3 Å². The van der Waals surface area contributed by atoms with Crippen molar-refractivity contribution in [2.75, 3.05) is 6.61 Å². The molecule has 3 aromatic carbocycles. The standard InChI is InChI=1S/C30H26O15/c31-12-3-1-10(2-4-12)13-7-19(35)42-9-18-23(37)25(39)27(41)30(44-18)43-17-6-11(5-16(34)22(17)36)28-26(40)24(38)21-15(33)8-14(32)20(13)29(21)45-28/h1-6,8,13,18,23,25,27,30-34,36-37,39-41H,7,9H2/t13-,18+,23+,25-,27+,30+/m0/s1. The number of aliphatic hydroxyl groups is 3. The highest BCUT2D eigenvalue weighted by Gasteiger charge is 2.46. The second-order valence-corrected chi connectivity index (χ2v) is 10.6. The molecule has 6 atom stereocenters. The first kappa shape index (κ1) is 29.8. The molecule has 0 radical (unpaired) electrons. The summed E-state index contributed by atoms with van der Waals surface area (Å²) in [6, 6.07) is 8.14. The molecule has 15 heteroatoms. The normalized spacial score (nSPS) is 25.1. The van der Waals surface area contributed by atoms with Gasteiger partial charge in [-0.1, -0.05) is 12.1 Å². The zero-order valence-electron chi connectivity index (χ0n) is 22.9. The smallest absolute Gasteiger partial charge is 0.306 e. The number of hydrogen-bond acceptors (Lipinski definition) is 15. The van der Waals surface area contributed by atoms with Crippen LogP contribution >= 0.6 is 0 Å². The van der Waals surface area contributed by atoms with Crippen molar-refractivity contribution in [1.82, 2.24) is 0 Å². The maximum Gasteiger partial charge on any atom is 0.306 e. The van der Waals surface area contributed by atoms with Gasteiger partial charge in [0.2, 0.25) is 23.2 Å². The third-order valence-electron chi connectivity index (χ3n) is 7.79. The molecule has 9 N–H and O–H groups in total. The highest BCUT2D eigenvalue weighted by Crippen LogP contribution is 2.47. The van der Waals surface area contributed by atoms with Crippen molar-refractivity contribution in [3.63, 3.8) is 0 Å². The number of carbonyl (C=O) groups is 1. The van der Waals surface area contributed by atoms with Gasteiger partial charge in [0.25, 0.3) is 0 Å². The molecule has 0 saturated carbocycles. The lowest BCUT2D eigenvalue weighted by Crippen LogP contribution is -2.60. The van der Waals surface area contributed by atoms with Crippen LogP contribution in [0.1, 0.15) is 23.5 Å². The highest BCUT2D eigenvalue weighted by molar-refractivity contribution is 5.92. The summed E-state index contributed by atoms with van der Waals surface area (Å²) in [5.74, 6) is -7.66. The topological polar surface area (TPSA) is 257 Å². The lowest BCUT2D eigenvalue weighted by atomic mass is 9.86. The van der Waals surface area contributed by atoms with E-state index in [0.717, 1.165) is 18.2 Å². The maximum absolute atomic E-state index is 13.4. The molecular formula is C30H26O15. The summed E-state index contributed by atoms with van der Waals surface area (Å²) < 4.78 is 22.3. The highest BCUT2D eigenvalue weighted by atomic mass is 16.7. The Kier molecular flexibility index (Phi) is 7.33. The summed E-state index contributed by atoms with van der Waals surface area (Å²) in [7, 11) is 0. The van der Waals surface area contributed by atoms with Gasteiger partial charge in [0.15, 0.2) is 17.3 Å². The van der Waals surface area contributed by atoms with Crippen LogP contribution in [0.5, 0.6) is 40.2 Å². The Morgan fingerprint density at radius 1 is 0.756 bits per heavy atom. The Hall–Kier alpha value is -5.22. The first-order chi connectivity index (χ1) is 21.3. The van der Waals surface area contributed by atoms with Crippen LogP contribution in [0.2, 0.25) is 0 Å². The van der Waals surface area contributed by atoms with E-state index in [4.69, 9.17) is 18.6 Å². The van der Waals surface area contributed by atoms with Crippen molar-refractivity contribution < 1.29 is 69.4 Å². The van der Waals surface area contributed by atoms with E-state index in [2.05, 4.69) is 0 Å². The third kappa shape index (κ3) is 5.06. The van der Waals surface area contributed by atoms with Crippen molar-refractivity contribution in [3.8, 4) is 51.6 Å². The minimum Gasteiger partial charge on any atom is -0.508 e. The molecular weight excluding hydrogens is 600 g/mol. The summed E-state index contributed by atoms with van der Waals surface area (Å²) in [6.07, 6.45) is -9.37. The molecule has 3 heterocycles. The van der Waals surface area contributed by atoms with Crippen molar-refractivity contribution in [1.29, 1.82) is 0 Å². The molecule has 6 rings (SSSR count). The Labute approximate surface area is 251 Å². The van der Waals surface area contributed by atoms with Crippen LogP contribution in [-0.2, 0) is 14.3 Å². The van der Waals surface area contributed by atoms with Gasteiger partial charge in [0, 0.05) is 23.1 Å². The molecule has 6 bridgehead atoms. The van der Waals surface area contributed by atoms with Gasteiger partial charge in [-0.3, -0.25) is 9.59 Å². The largest absolute Gasteiger partial charge is 0.508 e. The van der Waals surface area contributed by atoms with Crippen LogP contribution < -0.4 is 10.2 Å². The number of carbonyl (C=O) groups excluding carboxylic acids is 1. The Morgan fingerprint density at radius 2 is 1.47 bits per heavy atom. The van der Waals surface area contributed by atoms with E-state index in [1.54, 1.807) is 0 Å². The summed E-state index contributed by atoms with van der Waals surface area (Å²) in [4.78, 5) is 26.7. The van der Waals surface area contributed by atoms with Crippen LogP contribution in [0.3, 0.4) is 0 Å². The van der Waals surface area contributed by atoms with E-state index in [-0.39, 0.29) is 16.9 Å². The number of hydrogen-bond donors (Lipinski definition) is 9. The molecule has 1 saturated heterocycles. The summed E-state index contributed by atoms with van der Waals surface area (Å²) >= 11 is 0. The number of rotatable bonds is 1. The molecule has 0 unspecified atom stereocenters. The minimum atomic E-state index is -1.91. The summed E-state index contributed by atoms with van der Waals surface area (Å²) in [6.45, 7) is -0.668. The number of aromatic hydroxyl groups is 6. The second kappa shape index (κ2) is 11.0. The molecule has 2 aliphatic rings. The number of fused-ring (bicyclic) bond motifs is 6. The van der Waals surface area contributed by atoms with Crippen LogP contribution in [0, 0.1) is 0 Å². The summed E-state index contributed by atoms with van der Waals surface area (Å²) in [5, 5.41) is 94.4. The molecule has 0 amide bonds. The van der Waals surface area contributed by atoms with Gasteiger partial charge < -0.3 is 64.6 Å². The molecule has 1 aromatic heterocycles. The van der Waals surface area contributed by atoms with E-state index in [0.29, 0.717) is 5.56 Å². The molecule has 15 nitrogen and oxygen atoms in total. The van der Waals surface area contributed by atoms with Gasteiger partial charge >= 0.3 is 5.97 Å². The second-order valence-electron chi connectivity index (χ2n) is 10.6. The van der Waals surface area contributed by atoms with Gasteiger partial charge in [0.05, 0.1) is 6.42 Å². The Balaban J connectivity index is 1.65. The van der Waals surface area contributed by atoms with Crippen molar-refractivity contribution >= 4 is 16.9 Å². The monoisotopic (exact) mass is 626 g/mol. The average molecular weight is 627 g/mol. The average Bonchev–Trinajstić information content (AvgIpc) is 2.99. The number of aliphatic hydroxyl groups excluding tert-OH is 3. The van der Waals surface area contributed by atoms with Crippen molar-refractivity contribution in [2.24, 2.45) is 0 Å². The van der Waals surface area contributed by atoms with Crippen LogP contribution in [0.15, 0.2) is 51.7 Å². The van der Waals surface area contributed by atoms with E-state index < -0.39 is 112 Å². The first-order valence-corrected chi connectivity index (χ1v) is 13.5. The molecule has 1 fully saturated rings.